The third-order valence-corrected chi connectivity index (χ3v) is 3.13. The lowest BCUT2D eigenvalue weighted by atomic mass is 10.1. The van der Waals surface area contributed by atoms with Crippen molar-refractivity contribution in [3.8, 4) is 0 Å². The van der Waals surface area contributed by atoms with Crippen molar-refractivity contribution < 1.29 is 4.74 Å². The number of hydrogen-bond acceptors (Lipinski definition) is 4. The molecule has 1 atom stereocenters. The van der Waals surface area contributed by atoms with E-state index in [0.717, 1.165) is 43.1 Å². The molecule has 1 aliphatic rings. The molecular weight excluding hydrogens is 226 g/mol. The Hall–Kier alpha value is -1.00. The van der Waals surface area contributed by atoms with Crippen LogP contribution >= 0.6 is 0 Å². The van der Waals surface area contributed by atoms with E-state index in [9.17, 15) is 0 Å². The first kappa shape index (κ1) is 13.4. The van der Waals surface area contributed by atoms with Gasteiger partial charge in [-0.3, -0.25) is 0 Å². The molecule has 0 bridgehead atoms. The van der Waals surface area contributed by atoms with Gasteiger partial charge in [-0.05, 0) is 40.5 Å². The molecule has 4 heteroatoms. The molecule has 18 heavy (non-hydrogen) atoms. The summed E-state index contributed by atoms with van der Waals surface area (Å²) in [5.74, 6) is 0.838. The van der Waals surface area contributed by atoms with Crippen molar-refractivity contribution in [3.63, 3.8) is 0 Å². The highest BCUT2D eigenvalue weighted by Gasteiger charge is 2.21. The zero-order chi connectivity index (χ0) is 13.2. The largest absolute Gasteiger partial charge is 0.370 e. The molecule has 1 aliphatic heterocycles. The Morgan fingerprint density at radius 3 is 2.78 bits per heavy atom. The SMILES string of the molecule is Cc1nc(C2CCCO2)ncc1CNC(C)(C)C. The molecule has 0 aliphatic carbocycles. The number of nitrogens with zero attached hydrogens (tertiary/aromatic N) is 2. The summed E-state index contributed by atoms with van der Waals surface area (Å²) in [5.41, 5.74) is 2.32. The Morgan fingerprint density at radius 2 is 2.22 bits per heavy atom. The third kappa shape index (κ3) is 3.50. The zero-order valence-corrected chi connectivity index (χ0v) is 11.8. The predicted octanol–water partition coefficient (Wildman–Crippen LogP) is 2.52. The lowest BCUT2D eigenvalue weighted by Gasteiger charge is -2.21. The van der Waals surface area contributed by atoms with Gasteiger partial charge in [0.25, 0.3) is 0 Å². The van der Waals surface area contributed by atoms with Crippen LogP contribution in [-0.4, -0.2) is 22.1 Å². The minimum Gasteiger partial charge on any atom is -0.370 e. The standard InChI is InChI=1S/C14H23N3O/c1-10-11(9-16-14(2,3)4)8-15-13(17-10)12-6-5-7-18-12/h8,12,16H,5-7,9H2,1-4H3. The molecular formula is C14H23N3O. The summed E-state index contributed by atoms with van der Waals surface area (Å²) >= 11 is 0. The Kier molecular flexibility index (Phi) is 3.97. The molecule has 4 nitrogen and oxygen atoms in total. The van der Waals surface area contributed by atoms with E-state index in [1.165, 1.54) is 0 Å². The molecule has 100 valence electrons. The van der Waals surface area contributed by atoms with E-state index >= 15 is 0 Å². The highest BCUT2D eigenvalue weighted by atomic mass is 16.5. The molecule has 0 radical (unpaired) electrons. The minimum absolute atomic E-state index is 0.105. The summed E-state index contributed by atoms with van der Waals surface area (Å²) in [4.78, 5) is 9.03. The third-order valence-electron chi connectivity index (χ3n) is 3.13. The van der Waals surface area contributed by atoms with Crippen LogP contribution in [0.15, 0.2) is 6.20 Å². The van der Waals surface area contributed by atoms with Gasteiger partial charge in [0.05, 0.1) is 0 Å². The van der Waals surface area contributed by atoms with Gasteiger partial charge in [0.2, 0.25) is 0 Å². The van der Waals surface area contributed by atoms with E-state index in [2.05, 4.69) is 36.1 Å². The topological polar surface area (TPSA) is 47.0 Å². The molecule has 1 aromatic heterocycles. The number of rotatable bonds is 3. The van der Waals surface area contributed by atoms with E-state index < -0.39 is 0 Å². The first-order chi connectivity index (χ1) is 8.46. The first-order valence-corrected chi connectivity index (χ1v) is 6.65. The Morgan fingerprint density at radius 1 is 1.44 bits per heavy atom. The van der Waals surface area contributed by atoms with E-state index in [1.54, 1.807) is 0 Å². The van der Waals surface area contributed by atoms with Crippen molar-refractivity contribution in [1.29, 1.82) is 0 Å². The second-order valence-corrected chi connectivity index (χ2v) is 5.94. The van der Waals surface area contributed by atoms with Gasteiger partial charge in [-0.2, -0.15) is 0 Å². The van der Waals surface area contributed by atoms with Crippen LogP contribution in [0.25, 0.3) is 0 Å². The van der Waals surface area contributed by atoms with Crippen LogP contribution in [0.4, 0.5) is 0 Å². The minimum atomic E-state index is 0.105. The predicted molar refractivity (Wildman–Crippen MR) is 71.3 cm³/mol. The summed E-state index contributed by atoms with van der Waals surface area (Å²) in [6, 6.07) is 0. The average molecular weight is 249 g/mol. The molecule has 0 spiro atoms. The van der Waals surface area contributed by atoms with E-state index in [0.29, 0.717) is 0 Å². The molecule has 0 amide bonds. The van der Waals surface area contributed by atoms with Crippen LogP contribution in [-0.2, 0) is 11.3 Å². The number of hydrogen-bond donors (Lipinski definition) is 1. The van der Waals surface area contributed by atoms with Gasteiger partial charge >= 0.3 is 0 Å². The highest BCUT2D eigenvalue weighted by Crippen LogP contribution is 2.26. The van der Waals surface area contributed by atoms with Gasteiger partial charge in [-0.25, -0.2) is 9.97 Å². The second kappa shape index (κ2) is 5.33. The zero-order valence-electron chi connectivity index (χ0n) is 11.8. The lowest BCUT2D eigenvalue weighted by molar-refractivity contribution is 0.105. The Labute approximate surface area is 109 Å². The number of ether oxygens (including phenoxy) is 1. The molecule has 0 saturated carbocycles. The maximum absolute atomic E-state index is 5.61. The molecule has 1 N–H and O–H groups in total. The lowest BCUT2D eigenvalue weighted by Crippen LogP contribution is -2.35. The summed E-state index contributed by atoms with van der Waals surface area (Å²) in [7, 11) is 0. The fraction of sp³-hybridized carbons (Fsp3) is 0.714. The van der Waals surface area contributed by atoms with Crippen molar-refractivity contribution in [1.82, 2.24) is 15.3 Å². The van der Waals surface area contributed by atoms with Crippen molar-refractivity contribution >= 4 is 0 Å². The van der Waals surface area contributed by atoms with E-state index in [1.807, 2.05) is 13.1 Å². The monoisotopic (exact) mass is 249 g/mol. The van der Waals surface area contributed by atoms with Crippen molar-refractivity contribution in [2.45, 2.75) is 58.7 Å². The summed E-state index contributed by atoms with van der Waals surface area (Å²) in [5, 5.41) is 3.46. The van der Waals surface area contributed by atoms with E-state index in [-0.39, 0.29) is 11.6 Å². The maximum atomic E-state index is 5.61. The molecule has 1 fully saturated rings. The number of aromatic nitrogens is 2. The summed E-state index contributed by atoms with van der Waals surface area (Å²) in [6.45, 7) is 10.2. The van der Waals surface area contributed by atoms with Gasteiger partial charge in [-0.1, -0.05) is 0 Å². The van der Waals surface area contributed by atoms with Crippen LogP contribution < -0.4 is 5.32 Å². The molecule has 2 rings (SSSR count). The van der Waals surface area contributed by atoms with Crippen LogP contribution in [0.5, 0.6) is 0 Å². The number of aryl methyl sites for hydroxylation is 1. The first-order valence-electron chi connectivity index (χ1n) is 6.65. The molecule has 1 unspecified atom stereocenters. The van der Waals surface area contributed by atoms with Crippen molar-refractivity contribution in [2.75, 3.05) is 6.61 Å². The fourth-order valence-corrected chi connectivity index (χ4v) is 1.98. The quantitative estimate of drug-likeness (QED) is 0.894. The van der Waals surface area contributed by atoms with Crippen LogP contribution in [0, 0.1) is 6.92 Å². The van der Waals surface area contributed by atoms with Gasteiger partial charge in [0.1, 0.15) is 6.10 Å². The van der Waals surface area contributed by atoms with E-state index in [4.69, 9.17) is 4.74 Å². The Bertz CT molecular complexity index is 406. The highest BCUT2D eigenvalue weighted by molar-refractivity contribution is 5.17. The summed E-state index contributed by atoms with van der Waals surface area (Å²) < 4.78 is 5.61. The van der Waals surface area contributed by atoms with Gasteiger partial charge in [-0.15, -0.1) is 0 Å². The van der Waals surface area contributed by atoms with Gasteiger partial charge in [0, 0.05) is 36.1 Å². The van der Waals surface area contributed by atoms with Gasteiger partial charge in [0.15, 0.2) is 5.82 Å². The fourth-order valence-electron chi connectivity index (χ4n) is 1.98. The number of nitrogens with one attached hydrogen (secondary N) is 1. The van der Waals surface area contributed by atoms with Gasteiger partial charge < -0.3 is 10.1 Å². The second-order valence-electron chi connectivity index (χ2n) is 5.94. The molecule has 2 heterocycles. The smallest absolute Gasteiger partial charge is 0.157 e. The summed E-state index contributed by atoms with van der Waals surface area (Å²) in [6.07, 6.45) is 4.19. The van der Waals surface area contributed by atoms with Crippen LogP contribution in [0.2, 0.25) is 0 Å². The average Bonchev–Trinajstić information content (AvgIpc) is 2.79. The normalized spacial score (nSPS) is 20.3. The van der Waals surface area contributed by atoms with Crippen LogP contribution in [0.3, 0.4) is 0 Å². The van der Waals surface area contributed by atoms with Crippen LogP contribution in [0.1, 0.15) is 56.8 Å². The van der Waals surface area contributed by atoms with Crippen molar-refractivity contribution in [3.05, 3.63) is 23.3 Å². The Balaban J connectivity index is 2.05. The molecule has 1 saturated heterocycles. The maximum Gasteiger partial charge on any atom is 0.157 e. The van der Waals surface area contributed by atoms with Crippen molar-refractivity contribution in [2.24, 2.45) is 0 Å². The molecule has 1 aromatic rings. The molecule has 0 aromatic carbocycles.